The zero-order chi connectivity index (χ0) is 12.7. The average Bonchev–Trinajstić information content (AvgIpc) is 2.38. The van der Waals surface area contributed by atoms with Crippen molar-refractivity contribution < 1.29 is 0 Å². The predicted molar refractivity (Wildman–Crippen MR) is 76.9 cm³/mol. The van der Waals surface area contributed by atoms with Crippen molar-refractivity contribution in [3.05, 3.63) is 35.5 Å². The van der Waals surface area contributed by atoms with Crippen LogP contribution >= 0.6 is 11.6 Å². The van der Waals surface area contributed by atoms with E-state index in [4.69, 9.17) is 11.6 Å². The Bertz CT molecular complexity index is 469. The molecule has 1 N–H and O–H groups in total. The number of hydrogen-bond acceptors (Lipinski definition) is 2. The summed E-state index contributed by atoms with van der Waals surface area (Å²) in [7, 11) is 0. The largest absolute Gasteiger partial charge is 0.384 e. The number of halogens is 1. The summed E-state index contributed by atoms with van der Waals surface area (Å²) in [5, 5.41) is 5.22. The van der Waals surface area contributed by atoms with Crippen molar-refractivity contribution in [2.45, 2.75) is 27.2 Å². The van der Waals surface area contributed by atoms with Gasteiger partial charge in [-0.2, -0.15) is 0 Å². The van der Waals surface area contributed by atoms with Gasteiger partial charge in [-0.05, 0) is 30.7 Å². The number of fused-ring (bicyclic) bond motifs is 1. The van der Waals surface area contributed by atoms with Crippen LogP contribution in [0, 0.1) is 0 Å². The van der Waals surface area contributed by atoms with Crippen molar-refractivity contribution in [1.29, 1.82) is 0 Å². The highest BCUT2D eigenvalue weighted by Crippen LogP contribution is 2.24. The molecule has 0 amide bonds. The van der Waals surface area contributed by atoms with Gasteiger partial charge in [0.05, 0.1) is 5.52 Å². The summed E-state index contributed by atoms with van der Waals surface area (Å²) in [6.07, 6.45) is 2.91. The van der Waals surface area contributed by atoms with Gasteiger partial charge in [0, 0.05) is 28.8 Å². The van der Waals surface area contributed by atoms with Crippen molar-refractivity contribution in [3.8, 4) is 0 Å². The number of benzene rings is 1. The first-order chi connectivity index (χ1) is 8.31. The first-order valence-electron chi connectivity index (χ1n) is 6.09. The minimum absolute atomic E-state index is 0.725. The van der Waals surface area contributed by atoms with E-state index in [2.05, 4.69) is 17.2 Å². The topological polar surface area (TPSA) is 24.9 Å². The second kappa shape index (κ2) is 7.13. The Labute approximate surface area is 108 Å². The summed E-state index contributed by atoms with van der Waals surface area (Å²) in [6, 6.07) is 7.77. The van der Waals surface area contributed by atoms with Gasteiger partial charge in [-0.25, -0.2) is 0 Å². The lowest BCUT2D eigenvalue weighted by Gasteiger charge is -2.08. The van der Waals surface area contributed by atoms with Crippen molar-refractivity contribution in [2.24, 2.45) is 0 Å². The van der Waals surface area contributed by atoms with Crippen LogP contribution in [-0.4, -0.2) is 11.5 Å². The van der Waals surface area contributed by atoms with Gasteiger partial charge < -0.3 is 5.32 Å². The number of pyridine rings is 1. The summed E-state index contributed by atoms with van der Waals surface area (Å²) >= 11 is 5.91. The number of nitrogens with one attached hydrogen (secondary N) is 1. The third-order valence-corrected chi connectivity index (χ3v) is 2.51. The van der Waals surface area contributed by atoms with E-state index in [1.54, 1.807) is 6.20 Å². The molecule has 17 heavy (non-hydrogen) atoms. The highest BCUT2D eigenvalue weighted by atomic mass is 35.5. The summed E-state index contributed by atoms with van der Waals surface area (Å²) in [4.78, 5) is 4.29. The monoisotopic (exact) mass is 250 g/mol. The Morgan fingerprint density at radius 2 is 2.00 bits per heavy atom. The first-order valence-corrected chi connectivity index (χ1v) is 6.47. The van der Waals surface area contributed by atoms with Crippen LogP contribution in [0.15, 0.2) is 30.5 Å². The molecule has 0 bridgehead atoms. The molecule has 3 heteroatoms. The Morgan fingerprint density at radius 1 is 1.24 bits per heavy atom. The highest BCUT2D eigenvalue weighted by Gasteiger charge is 2.01. The fraction of sp³-hybridized carbons (Fsp3) is 0.357. The minimum atomic E-state index is 0.725. The van der Waals surface area contributed by atoms with Crippen LogP contribution in [0.4, 0.5) is 5.69 Å². The Balaban J connectivity index is 0.000000686. The van der Waals surface area contributed by atoms with Crippen LogP contribution in [-0.2, 0) is 0 Å². The van der Waals surface area contributed by atoms with Gasteiger partial charge in [0.25, 0.3) is 0 Å². The molecule has 0 aliphatic heterocycles. The number of hydrogen-bond donors (Lipinski definition) is 1. The van der Waals surface area contributed by atoms with Gasteiger partial charge in [0.2, 0.25) is 0 Å². The molecule has 0 saturated carbocycles. The third-order valence-electron chi connectivity index (χ3n) is 2.27. The molecule has 92 valence electrons. The molecule has 1 heterocycles. The quantitative estimate of drug-likeness (QED) is 0.851. The van der Waals surface area contributed by atoms with E-state index in [0.717, 1.165) is 34.6 Å². The SMILES string of the molecule is CC.CCCNc1ccnc2cc(Cl)ccc12. The van der Waals surface area contributed by atoms with Crippen molar-refractivity contribution in [3.63, 3.8) is 0 Å². The third kappa shape index (κ3) is 3.60. The maximum Gasteiger partial charge on any atom is 0.0737 e. The molecule has 0 fully saturated rings. The van der Waals surface area contributed by atoms with E-state index in [1.807, 2.05) is 38.1 Å². The van der Waals surface area contributed by atoms with Gasteiger partial charge >= 0.3 is 0 Å². The van der Waals surface area contributed by atoms with Gasteiger partial charge in [-0.3, -0.25) is 4.98 Å². The summed E-state index contributed by atoms with van der Waals surface area (Å²) in [5.41, 5.74) is 2.06. The molecule has 0 aliphatic rings. The summed E-state index contributed by atoms with van der Waals surface area (Å²) in [6.45, 7) is 7.12. The van der Waals surface area contributed by atoms with Gasteiger partial charge in [0.15, 0.2) is 0 Å². The lowest BCUT2D eigenvalue weighted by molar-refractivity contribution is 0.981. The second-order valence-electron chi connectivity index (χ2n) is 3.45. The van der Waals surface area contributed by atoms with E-state index < -0.39 is 0 Å². The molecule has 2 nitrogen and oxygen atoms in total. The molecule has 0 unspecified atom stereocenters. The number of anilines is 1. The van der Waals surface area contributed by atoms with E-state index in [0.29, 0.717) is 0 Å². The fourth-order valence-corrected chi connectivity index (χ4v) is 1.70. The van der Waals surface area contributed by atoms with Crippen molar-refractivity contribution in [2.75, 3.05) is 11.9 Å². The number of aromatic nitrogens is 1. The molecule has 0 saturated heterocycles. The maximum absolute atomic E-state index is 5.91. The predicted octanol–water partition coefficient (Wildman–Crippen LogP) is 4.74. The minimum Gasteiger partial charge on any atom is -0.384 e. The van der Waals surface area contributed by atoms with Crippen LogP contribution in [0.25, 0.3) is 10.9 Å². The molecule has 0 spiro atoms. The Hall–Kier alpha value is -1.28. The normalized spacial score (nSPS) is 9.65. The van der Waals surface area contributed by atoms with Crippen LogP contribution in [0.3, 0.4) is 0 Å². The molecule has 0 aliphatic carbocycles. The first kappa shape index (κ1) is 13.8. The Morgan fingerprint density at radius 3 is 2.71 bits per heavy atom. The average molecular weight is 251 g/mol. The molecule has 1 aromatic heterocycles. The van der Waals surface area contributed by atoms with Crippen LogP contribution in [0.1, 0.15) is 27.2 Å². The Kier molecular flexibility index (Phi) is 5.78. The summed E-state index contributed by atoms with van der Waals surface area (Å²) in [5.74, 6) is 0. The molecule has 1 aromatic carbocycles. The highest BCUT2D eigenvalue weighted by molar-refractivity contribution is 6.31. The molecular formula is C14H19ClN2. The van der Waals surface area contributed by atoms with Crippen molar-refractivity contribution >= 4 is 28.2 Å². The van der Waals surface area contributed by atoms with Crippen LogP contribution in [0.5, 0.6) is 0 Å². The van der Waals surface area contributed by atoms with E-state index in [9.17, 15) is 0 Å². The molecule has 2 aromatic rings. The molecule has 0 radical (unpaired) electrons. The van der Waals surface area contributed by atoms with Crippen LogP contribution < -0.4 is 5.32 Å². The summed E-state index contributed by atoms with van der Waals surface area (Å²) < 4.78 is 0. The van der Waals surface area contributed by atoms with Crippen molar-refractivity contribution in [1.82, 2.24) is 4.98 Å². The molecule has 2 rings (SSSR count). The zero-order valence-electron chi connectivity index (χ0n) is 10.6. The second-order valence-corrected chi connectivity index (χ2v) is 3.88. The zero-order valence-corrected chi connectivity index (χ0v) is 11.4. The standard InChI is InChI=1S/C12H13ClN2.C2H6/c1-2-6-14-11-5-7-15-12-8-9(13)3-4-10(11)12;1-2/h3-5,7-8H,2,6H2,1H3,(H,14,15);1-2H3. The lowest BCUT2D eigenvalue weighted by atomic mass is 10.2. The lowest BCUT2D eigenvalue weighted by Crippen LogP contribution is -2.00. The number of rotatable bonds is 3. The van der Waals surface area contributed by atoms with Crippen LogP contribution in [0.2, 0.25) is 5.02 Å². The fourth-order valence-electron chi connectivity index (χ4n) is 1.54. The van der Waals surface area contributed by atoms with Gasteiger partial charge in [-0.1, -0.05) is 32.4 Å². The van der Waals surface area contributed by atoms with E-state index in [1.165, 1.54) is 0 Å². The van der Waals surface area contributed by atoms with E-state index >= 15 is 0 Å². The van der Waals surface area contributed by atoms with E-state index in [-0.39, 0.29) is 0 Å². The number of nitrogens with zero attached hydrogens (tertiary/aromatic N) is 1. The maximum atomic E-state index is 5.91. The molecular weight excluding hydrogens is 232 g/mol. The van der Waals surface area contributed by atoms with Gasteiger partial charge in [0.1, 0.15) is 0 Å². The smallest absolute Gasteiger partial charge is 0.0737 e. The molecule has 0 atom stereocenters. The van der Waals surface area contributed by atoms with Gasteiger partial charge in [-0.15, -0.1) is 0 Å².